The van der Waals surface area contributed by atoms with Crippen LogP contribution < -0.4 is 10.6 Å². The Labute approximate surface area is 197 Å². The van der Waals surface area contributed by atoms with Crippen LogP contribution >= 0.6 is 23.4 Å². The summed E-state index contributed by atoms with van der Waals surface area (Å²) in [5.41, 5.74) is 3.55. The smallest absolute Gasteiger partial charge is 0.251 e. The first-order valence-corrected chi connectivity index (χ1v) is 11.8. The Morgan fingerprint density at radius 3 is 2.53 bits per heavy atom. The lowest BCUT2D eigenvalue weighted by atomic mass is 10.1. The van der Waals surface area contributed by atoms with Gasteiger partial charge in [0.25, 0.3) is 5.91 Å². The highest BCUT2D eigenvalue weighted by atomic mass is 35.5. The fourth-order valence-corrected chi connectivity index (χ4v) is 4.19. The van der Waals surface area contributed by atoms with Crippen LogP contribution in [0.25, 0.3) is 0 Å². The van der Waals surface area contributed by atoms with Gasteiger partial charge in [-0.15, -0.1) is 10.2 Å². The van der Waals surface area contributed by atoms with E-state index in [2.05, 4.69) is 27.8 Å². The number of rotatable bonds is 9. The molecule has 7 nitrogen and oxygen atoms in total. The zero-order chi connectivity index (χ0) is 23.1. The Bertz CT molecular complexity index is 1100. The molecule has 32 heavy (non-hydrogen) atoms. The van der Waals surface area contributed by atoms with Crippen molar-refractivity contribution in [3.8, 4) is 0 Å². The van der Waals surface area contributed by atoms with Crippen LogP contribution in [0.3, 0.4) is 0 Å². The predicted molar refractivity (Wildman–Crippen MR) is 128 cm³/mol. The van der Waals surface area contributed by atoms with Crippen molar-refractivity contribution in [3.63, 3.8) is 0 Å². The molecule has 0 bridgehead atoms. The van der Waals surface area contributed by atoms with Crippen molar-refractivity contribution >= 4 is 40.9 Å². The zero-order valence-electron chi connectivity index (χ0n) is 18.3. The van der Waals surface area contributed by atoms with E-state index in [4.69, 9.17) is 11.6 Å². The fraction of sp³-hybridized carbons (Fsp3) is 0.304. The van der Waals surface area contributed by atoms with E-state index in [1.165, 1.54) is 11.8 Å². The quantitative estimate of drug-likeness (QED) is 0.449. The van der Waals surface area contributed by atoms with E-state index in [0.29, 0.717) is 28.1 Å². The maximum absolute atomic E-state index is 12.6. The molecule has 0 radical (unpaired) electrons. The number of carbonyl (C=O) groups is 2. The summed E-state index contributed by atoms with van der Waals surface area (Å²) in [4.78, 5) is 24.9. The molecular formula is C23H26ClN5O2S. The van der Waals surface area contributed by atoms with Gasteiger partial charge in [0.2, 0.25) is 5.91 Å². The zero-order valence-corrected chi connectivity index (χ0v) is 19.9. The molecule has 0 fully saturated rings. The van der Waals surface area contributed by atoms with Crippen LogP contribution in [0.4, 0.5) is 5.69 Å². The van der Waals surface area contributed by atoms with Gasteiger partial charge in [-0.3, -0.25) is 9.59 Å². The lowest BCUT2D eigenvalue weighted by Crippen LogP contribution is -2.24. The molecule has 168 valence electrons. The first kappa shape index (κ1) is 23.8. The molecule has 0 aliphatic heterocycles. The van der Waals surface area contributed by atoms with Crippen molar-refractivity contribution in [2.75, 3.05) is 11.1 Å². The molecule has 0 atom stereocenters. The summed E-state index contributed by atoms with van der Waals surface area (Å²) in [6.45, 7) is 6.88. The van der Waals surface area contributed by atoms with Crippen molar-refractivity contribution in [2.24, 2.45) is 0 Å². The highest BCUT2D eigenvalue weighted by Gasteiger charge is 2.15. The predicted octanol–water partition coefficient (Wildman–Crippen LogP) is 4.48. The van der Waals surface area contributed by atoms with E-state index in [-0.39, 0.29) is 24.1 Å². The summed E-state index contributed by atoms with van der Waals surface area (Å²) in [5, 5.41) is 15.5. The fourth-order valence-electron chi connectivity index (χ4n) is 3.24. The second-order valence-corrected chi connectivity index (χ2v) is 8.51. The summed E-state index contributed by atoms with van der Waals surface area (Å²) < 4.78 is 1.89. The van der Waals surface area contributed by atoms with E-state index in [0.717, 1.165) is 23.2 Å². The van der Waals surface area contributed by atoms with Crippen molar-refractivity contribution < 1.29 is 9.59 Å². The third-order valence-electron chi connectivity index (χ3n) is 4.96. The van der Waals surface area contributed by atoms with Gasteiger partial charge in [-0.25, -0.2) is 0 Å². The summed E-state index contributed by atoms with van der Waals surface area (Å²) in [6, 6.07) is 12.7. The topological polar surface area (TPSA) is 88.9 Å². The number of para-hydroxylation sites is 1. The Morgan fingerprint density at radius 2 is 1.84 bits per heavy atom. The third-order valence-corrected chi connectivity index (χ3v) is 6.18. The molecule has 0 saturated heterocycles. The number of hydrogen-bond acceptors (Lipinski definition) is 5. The average Bonchev–Trinajstić information content (AvgIpc) is 3.19. The van der Waals surface area contributed by atoms with E-state index >= 15 is 0 Å². The maximum atomic E-state index is 12.6. The standard InChI is InChI=1S/C23H26ClN5O2S/c1-4-16-8-6-7-15(3)21(16)26-20(30)14-32-23-28-27-19(29(23)5-2)13-25-22(31)17-9-11-18(24)12-10-17/h6-12H,4-5,13-14H2,1-3H3,(H,25,31)(H,26,30). The molecule has 2 aromatic carbocycles. The van der Waals surface area contributed by atoms with Crippen LogP contribution in [0.5, 0.6) is 0 Å². The molecule has 9 heteroatoms. The second-order valence-electron chi connectivity index (χ2n) is 7.13. The lowest BCUT2D eigenvalue weighted by molar-refractivity contribution is -0.113. The summed E-state index contributed by atoms with van der Waals surface area (Å²) in [6.07, 6.45) is 0.847. The molecule has 2 N–H and O–H groups in total. The van der Waals surface area contributed by atoms with E-state index in [9.17, 15) is 9.59 Å². The number of nitrogens with one attached hydrogen (secondary N) is 2. The van der Waals surface area contributed by atoms with Gasteiger partial charge in [-0.1, -0.05) is 48.5 Å². The molecule has 2 amide bonds. The van der Waals surface area contributed by atoms with Gasteiger partial charge in [-0.2, -0.15) is 0 Å². The molecule has 1 aromatic heterocycles. The van der Waals surface area contributed by atoms with E-state index in [1.54, 1.807) is 24.3 Å². The molecule has 0 unspecified atom stereocenters. The van der Waals surface area contributed by atoms with Gasteiger partial charge in [0, 0.05) is 22.8 Å². The monoisotopic (exact) mass is 471 g/mol. The molecule has 3 aromatic rings. The number of thioether (sulfide) groups is 1. The first-order chi connectivity index (χ1) is 15.4. The van der Waals surface area contributed by atoms with Crippen molar-refractivity contribution in [2.45, 2.75) is 45.4 Å². The molecule has 1 heterocycles. The number of halogens is 1. The first-order valence-electron chi connectivity index (χ1n) is 10.4. The van der Waals surface area contributed by atoms with Gasteiger partial charge in [0.1, 0.15) is 0 Å². The maximum Gasteiger partial charge on any atom is 0.251 e. The number of aromatic nitrogens is 3. The Morgan fingerprint density at radius 1 is 1.09 bits per heavy atom. The molecule has 0 aliphatic carbocycles. The van der Waals surface area contributed by atoms with Crippen LogP contribution in [0.1, 0.15) is 41.2 Å². The second kappa shape index (κ2) is 11.2. The molecule has 0 saturated carbocycles. The lowest BCUT2D eigenvalue weighted by Gasteiger charge is -2.13. The summed E-state index contributed by atoms with van der Waals surface area (Å²) >= 11 is 7.19. The normalized spacial score (nSPS) is 10.8. The molecule has 0 spiro atoms. The highest BCUT2D eigenvalue weighted by molar-refractivity contribution is 7.99. The minimum atomic E-state index is -0.217. The number of carbonyl (C=O) groups excluding carboxylic acids is 2. The average molecular weight is 472 g/mol. The largest absolute Gasteiger partial charge is 0.345 e. The number of amides is 2. The van der Waals surface area contributed by atoms with E-state index < -0.39 is 0 Å². The Balaban J connectivity index is 1.59. The Hall–Kier alpha value is -2.84. The number of aryl methyl sites for hydroxylation is 2. The SMILES string of the molecule is CCc1cccc(C)c1NC(=O)CSc1nnc(CNC(=O)c2ccc(Cl)cc2)n1CC. The molecular weight excluding hydrogens is 446 g/mol. The van der Waals surface area contributed by atoms with Crippen molar-refractivity contribution in [3.05, 3.63) is 70.0 Å². The van der Waals surface area contributed by atoms with Crippen molar-refractivity contribution in [1.29, 1.82) is 0 Å². The minimum absolute atomic E-state index is 0.0951. The number of anilines is 1. The van der Waals surface area contributed by atoms with Gasteiger partial charge in [-0.05, 0) is 55.7 Å². The van der Waals surface area contributed by atoms with Crippen LogP contribution in [0.2, 0.25) is 5.02 Å². The van der Waals surface area contributed by atoms with Gasteiger partial charge in [0.05, 0.1) is 12.3 Å². The van der Waals surface area contributed by atoms with Crippen LogP contribution in [-0.2, 0) is 24.3 Å². The highest BCUT2D eigenvalue weighted by Crippen LogP contribution is 2.23. The van der Waals surface area contributed by atoms with Crippen molar-refractivity contribution in [1.82, 2.24) is 20.1 Å². The van der Waals surface area contributed by atoms with Gasteiger partial charge in [0.15, 0.2) is 11.0 Å². The van der Waals surface area contributed by atoms with E-state index in [1.807, 2.05) is 36.6 Å². The Kier molecular flexibility index (Phi) is 8.30. The number of hydrogen-bond donors (Lipinski definition) is 2. The number of benzene rings is 2. The van der Waals surface area contributed by atoms with Gasteiger partial charge < -0.3 is 15.2 Å². The number of nitrogens with zero attached hydrogens (tertiary/aromatic N) is 3. The third kappa shape index (κ3) is 5.89. The van der Waals surface area contributed by atoms with Gasteiger partial charge >= 0.3 is 0 Å². The molecule has 3 rings (SSSR count). The molecule has 0 aliphatic rings. The van der Waals surface area contributed by atoms with Crippen LogP contribution in [0.15, 0.2) is 47.6 Å². The summed E-state index contributed by atoms with van der Waals surface area (Å²) in [5.74, 6) is 0.533. The minimum Gasteiger partial charge on any atom is -0.345 e. The summed E-state index contributed by atoms with van der Waals surface area (Å²) in [7, 11) is 0. The van der Waals surface area contributed by atoms with Crippen LogP contribution in [-0.4, -0.2) is 32.3 Å². The van der Waals surface area contributed by atoms with Crippen LogP contribution in [0, 0.1) is 6.92 Å².